The summed E-state index contributed by atoms with van der Waals surface area (Å²) in [6, 6.07) is 10.8. The molecule has 0 aliphatic heterocycles. The van der Waals surface area contributed by atoms with Gasteiger partial charge in [0.15, 0.2) is 0 Å². The number of rotatable bonds is 5. The van der Waals surface area contributed by atoms with Crippen LogP contribution in [0.5, 0.6) is 0 Å². The van der Waals surface area contributed by atoms with E-state index in [0.29, 0.717) is 5.16 Å². The molecule has 16 heavy (non-hydrogen) atoms. The van der Waals surface area contributed by atoms with Crippen LogP contribution in [0.2, 0.25) is 0 Å². The first-order chi connectivity index (χ1) is 7.04. The zero-order valence-electron chi connectivity index (χ0n) is 10.6. The first-order valence-electron chi connectivity index (χ1n) is 5.87. The molecule has 0 nitrogen and oxygen atoms in total. The quantitative estimate of drug-likeness (QED) is 0.680. The zero-order valence-corrected chi connectivity index (χ0v) is 13.4. The maximum atomic E-state index is 3.00. The Kier molecular flexibility index (Phi) is 7.52. The van der Waals surface area contributed by atoms with Crippen LogP contribution >= 0.6 is 26.2 Å². The highest BCUT2D eigenvalue weighted by molar-refractivity contribution is 8.93. The van der Waals surface area contributed by atoms with Gasteiger partial charge in [0, 0.05) is 0 Å². The van der Waals surface area contributed by atoms with Gasteiger partial charge < -0.3 is 0 Å². The lowest BCUT2D eigenvalue weighted by atomic mass is 9.85. The molecule has 2 heteroatoms. The fourth-order valence-electron chi connectivity index (χ4n) is 1.98. The van der Waals surface area contributed by atoms with Crippen molar-refractivity contribution in [1.29, 1.82) is 0 Å². The Balaban J connectivity index is 0.00000225. The van der Waals surface area contributed by atoms with Crippen LogP contribution < -0.4 is 0 Å². The van der Waals surface area contributed by atoms with Gasteiger partial charge in [-0.1, -0.05) is 57.5 Å². The third-order valence-corrected chi connectivity index (χ3v) is 3.49. The van der Waals surface area contributed by atoms with Crippen LogP contribution in [0.1, 0.15) is 39.2 Å². The molecule has 0 aromatic heterocycles. The first-order valence-corrected chi connectivity index (χ1v) is 6.44. The van der Waals surface area contributed by atoms with Gasteiger partial charge in [0.1, 0.15) is 0 Å². The second-order valence-corrected chi connectivity index (χ2v) is 6.48. The number of halogens is 1. The molecule has 1 rings (SSSR count). The summed E-state index contributed by atoms with van der Waals surface area (Å²) in [7, 11) is 3.00. The number of hydrogen-bond donors (Lipinski definition) is 0. The van der Waals surface area contributed by atoms with Gasteiger partial charge in [-0.15, -0.1) is 26.2 Å². The van der Waals surface area contributed by atoms with Gasteiger partial charge in [0.2, 0.25) is 0 Å². The zero-order chi connectivity index (χ0) is 11.3. The van der Waals surface area contributed by atoms with Crippen LogP contribution in [0.25, 0.3) is 0 Å². The molecule has 1 aromatic carbocycles. The van der Waals surface area contributed by atoms with Gasteiger partial charge in [-0.3, -0.25) is 0 Å². The summed E-state index contributed by atoms with van der Waals surface area (Å²) >= 11 is 0. The molecule has 0 amide bonds. The highest BCUT2D eigenvalue weighted by Gasteiger charge is 2.23. The van der Waals surface area contributed by atoms with Crippen molar-refractivity contribution >= 4 is 26.2 Å². The molecule has 0 fully saturated rings. The third kappa shape index (κ3) is 5.46. The second-order valence-electron chi connectivity index (χ2n) is 5.00. The Morgan fingerprint density at radius 3 is 2.19 bits per heavy atom. The van der Waals surface area contributed by atoms with Crippen molar-refractivity contribution in [3.63, 3.8) is 0 Å². The van der Waals surface area contributed by atoms with Gasteiger partial charge in [-0.25, -0.2) is 0 Å². The smallest absolute Gasteiger partial charge is 0.0175 e. The maximum Gasteiger partial charge on any atom is -0.0175 e. The maximum absolute atomic E-state index is 3.00. The summed E-state index contributed by atoms with van der Waals surface area (Å²) in [4.78, 5) is 0. The Morgan fingerprint density at radius 2 is 1.75 bits per heavy atom. The summed E-state index contributed by atoms with van der Waals surface area (Å²) < 4.78 is 0. The van der Waals surface area contributed by atoms with Crippen molar-refractivity contribution in [1.82, 2.24) is 0 Å². The van der Waals surface area contributed by atoms with E-state index in [0.717, 1.165) is 5.92 Å². The van der Waals surface area contributed by atoms with Gasteiger partial charge in [-0.2, -0.15) is 0 Å². The van der Waals surface area contributed by atoms with Crippen molar-refractivity contribution in [2.24, 2.45) is 5.92 Å². The third-order valence-electron chi connectivity index (χ3n) is 3.01. The van der Waals surface area contributed by atoms with Gasteiger partial charge in [-0.05, 0) is 29.5 Å². The molecule has 0 aliphatic rings. The molecule has 0 radical (unpaired) electrons. The molecule has 92 valence electrons. The van der Waals surface area contributed by atoms with E-state index in [9.17, 15) is 0 Å². The molecule has 2 atom stereocenters. The average Bonchev–Trinajstić information content (AvgIpc) is 2.17. The molecule has 0 aliphatic carbocycles. The normalized spacial score (nSPS) is 13.0. The van der Waals surface area contributed by atoms with E-state index in [1.807, 2.05) is 0 Å². The average molecular weight is 303 g/mol. The molecule has 0 N–H and O–H groups in total. The molecular weight excluding hydrogens is 279 g/mol. The molecule has 1 aromatic rings. The topological polar surface area (TPSA) is 0 Å². The van der Waals surface area contributed by atoms with Crippen LogP contribution in [0, 0.1) is 5.92 Å². The number of hydrogen-bond acceptors (Lipinski definition) is 0. The summed E-state index contributed by atoms with van der Waals surface area (Å²) in [6.45, 7) is 6.91. The van der Waals surface area contributed by atoms with Crippen molar-refractivity contribution in [3.05, 3.63) is 35.9 Å². The van der Waals surface area contributed by atoms with Crippen molar-refractivity contribution in [2.75, 3.05) is 0 Å². The van der Waals surface area contributed by atoms with E-state index in [1.54, 1.807) is 0 Å². The minimum atomic E-state index is 0. The van der Waals surface area contributed by atoms with Crippen LogP contribution in [-0.2, 0) is 6.42 Å². The summed E-state index contributed by atoms with van der Waals surface area (Å²) in [5, 5.41) is 0.339. The van der Waals surface area contributed by atoms with Gasteiger partial charge in [0.05, 0.1) is 0 Å². The van der Waals surface area contributed by atoms with E-state index >= 15 is 0 Å². The summed E-state index contributed by atoms with van der Waals surface area (Å²) in [5.74, 6) is 0.759. The van der Waals surface area contributed by atoms with Gasteiger partial charge in [0.25, 0.3) is 0 Å². The van der Waals surface area contributed by atoms with Crippen LogP contribution in [-0.4, -0.2) is 5.16 Å². The van der Waals surface area contributed by atoms with E-state index < -0.39 is 0 Å². The predicted octanol–water partition coefficient (Wildman–Crippen LogP) is 4.88. The molecule has 0 spiro atoms. The minimum absolute atomic E-state index is 0. The molecule has 2 unspecified atom stereocenters. The van der Waals surface area contributed by atoms with E-state index in [-0.39, 0.29) is 17.0 Å². The van der Waals surface area contributed by atoms with E-state index in [1.165, 1.54) is 24.8 Å². The molecule has 0 saturated carbocycles. The van der Waals surface area contributed by atoms with Crippen LogP contribution in [0.15, 0.2) is 30.3 Å². The summed E-state index contributed by atoms with van der Waals surface area (Å²) in [6.07, 6.45) is 3.78. The first kappa shape index (κ1) is 16.1. The largest absolute Gasteiger partial charge is 0.131 e. The Hall–Kier alpha value is 0.130. The monoisotopic (exact) mass is 302 g/mol. The SMILES string of the molecule is Br.CCCC(Cc1ccccc1)C(C)(C)P. The highest BCUT2D eigenvalue weighted by atomic mass is 79.9. The standard InChI is InChI=1S/C14H23P.BrH/c1-4-8-13(14(2,3)15)11-12-9-6-5-7-10-12;/h5-7,9-10,13H,4,8,11,15H2,1-3H3;1H. The second kappa shape index (κ2) is 7.45. The highest BCUT2D eigenvalue weighted by Crippen LogP contribution is 2.33. The van der Waals surface area contributed by atoms with E-state index in [2.05, 4.69) is 60.3 Å². The lowest BCUT2D eigenvalue weighted by molar-refractivity contribution is 0.388. The number of benzene rings is 1. The summed E-state index contributed by atoms with van der Waals surface area (Å²) in [5.41, 5.74) is 1.46. The van der Waals surface area contributed by atoms with Gasteiger partial charge >= 0.3 is 0 Å². The van der Waals surface area contributed by atoms with Crippen molar-refractivity contribution in [2.45, 2.75) is 45.2 Å². The minimum Gasteiger partial charge on any atom is -0.131 e. The van der Waals surface area contributed by atoms with E-state index in [4.69, 9.17) is 0 Å². The lowest BCUT2D eigenvalue weighted by Gasteiger charge is -2.30. The van der Waals surface area contributed by atoms with Crippen molar-refractivity contribution in [3.8, 4) is 0 Å². The predicted molar refractivity (Wildman–Crippen MR) is 82.7 cm³/mol. The molecular formula is C14H24BrP. The fourth-order valence-corrected chi connectivity index (χ4v) is 2.27. The van der Waals surface area contributed by atoms with Crippen molar-refractivity contribution < 1.29 is 0 Å². The Labute approximate surface area is 113 Å². The fraction of sp³-hybridized carbons (Fsp3) is 0.571. The Bertz CT molecular complexity index is 277. The van der Waals surface area contributed by atoms with Crippen LogP contribution in [0.4, 0.5) is 0 Å². The molecule has 0 bridgehead atoms. The molecule has 0 saturated heterocycles. The lowest BCUT2D eigenvalue weighted by Crippen LogP contribution is -2.25. The molecule has 0 heterocycles. The van der Waals surface area contributed by atoms with Crippen LogP contribution in [0.3, 0.4) is 0 Å². The Morgan fingerprint density at radius 1 is 1.19 bits per heavy atom.